The van der Waals surface area contributed by atoms with Gasteiger partial charge in [0, 0.05) is 36.8 Å². The van der Waals surface area contributed by atoms with Crippen LogP contribution in [0.3, 0.4) is 0 Å². The summed E-state index contributed by atoms with van der Waals surface area (Å²) in [5.41, 5.74) is 3.37. The molecule has 2 aromatic heterocycles. The van der Waals surface area contributed by atoms with Crippen LogP contribution >= 0.6 is 0 Å². The molecule has 1 atom stereocenters. The highest BCUT2D eigenvalue weighted by Crippen LogP contribution is 2.34. The molecule has 1 amide bonds. The van der Waals surface area contributed by atoms with Crippen LogP contribution in [-0.4, -0.2) is 52.2 Å². The van der Waals surface area contributed by atoms with Crippen molar-refractivity contribution in [3.63, 3.8) is 0 Å². The van der Waals surface area contributed by atoms with E-state index in [4.69, 9.17) is 9.72 Å². The molecule has 36 heavy (non-hydrogen) atoms. The number of carbonyl (C=O) groups excluding carboxylic acids is 1. The summed E-state index contributed by atoms with van der Waals surface area (Å²) in [4.78, 5) is 33.6. The number of aryl methyl sites for hydroxylation is 2. The summed E-state index contributed by atoms with van der Waals surface area (Å²) in [6.45, 7) is 1.29. The monoisotopic (exact) mass is 488 g/mol. The van der Waals surface area contributed by atoms with Gasteiger partial charge in [0.1, 0.15) is 11.9 Å². The summed E-state index contributed by atoms with van der Waals surface area (Å²) < 4.78 is 5.92. The van der Waals surface area contributed by atoms with Crippen molar-refractivity contribution in [3.8, 4) is 0 Å². The molecule has 5 rings (SSSR count). The molecule has 3 aromatic rings. The molecule has 0 saturated heterocycles. The molecule has 1 aromatic carbocycles. The molecule has 1 aliphatic heterocycles. The number of pyridine rings is 2. The number of amides is 1. The summed E-state index contributed by atoms with van der Waals surface area (Å²) >= 11 is 0. The number of para-hydroxylation sites is 1. The van der Waals surface area contributed by atoms with Crippen LogP contribution < -0.4 is 10.6 Å². The number of carbonyl (C=O) groups is 2. The van der Waals surface area contributed by atoms with E-state index in [9.17, 15) is 14.7 Å². The zero-order valence-corrected chi connectivity index (χ0v) is 20.3. The largest absolute Gasteiger partial charge is 0.480 e. The number of hydrogen-bond donors (Lipinski definition) is 3. The highest BCUT2D eigenvalue weighted by atomic mass is 16.5. The second-order valence-electron chi connectivity index (χ2n) is 9.74. The van der Waals surface area contributed by atoms with Crippen LogP contribution in [0.5, 0.6) is 0 Å². The molecule has 1 unspecified atom stereocenters. The first-order valence-corrected chi connectivity index (χ1v) is 12.8. The Labute approximate surface area is 210 Å². The lowest BCUT2D eigenvalue weighted by atomic mass is 9.79. The van der Waals surface area contributed by atoms with E-state index in [2.05, 4.69) is 27.8 Å². The fourth-order valence-electron chi connectivity index (χ4n) is 5.04. The molecule has 0 radical (unpaired) electrons. The average molecular weight is 489 g/mol. The smallest absolute Gasteiger partial charge is 0.326 e. The summed E-state index contributed by atoms with van der Waals surface area (Å²) in [5, 5.41) is 16.5. The first kappa shape index (κ1) is 24.2. The lowest BCUT2D eigenvalue weighted by Crippen LogP contribution is -2.42. The second kappa shape index (κ2) is 11.0. The van der Waals surface area contributed by atoms with Gasteiger partial charge in [0.05, 0.1) is 17.2 Å². The summed E-state index contributed by atoms with van der Waals surface area (Å²) in [6, 6.07) is 12.3. The number of anilines is 1. The van der Waals surface area contributed by atoms with Crippen LogP contribution in [0, 0.1) is 5.92 Å². The van der Waals surface area contributed by atoms with Gasteiger partial charge in [0.15, 0.2) is 0 Å². The number of rotatable bonds is 10. The molecule has 1 aliphatic carbocycles. The molecule has 1 fully saturated rings. The second-order valence-corrected chi connectivity index (χ2v) is 9.74. The molecular formula is C28H32N4O4. The van der Waals surface area contributed by atoms with Crippen molar-refractivity contribution >= 4 is 28.6 Å². The number of nitrogens with zero attached hydrogens (tertiary/aromatic N) is 2. The number of nitrogens with one attached hydrogen (secondary N) is 2. The number of hydrogen-bond acceptors (Lipinski definition) is 6. The molecule has 0 bridgehead atoms. The van der Waals surface area contributed by atoms with Crippen molar-refractivity contribution in [3.05, 3.63) is 65.5 Å². The number of carboxylic acids is 1. The first-order valence-electron chi connectivity index (χ1n) is 12.8. The number of carboxylic acid groups (broad SMARTS) is 1. The third-order valence-corrected chi connectivity index (χ3v) is 7.19. The Morgan fingerprint density at radius 1 is 1.17 bits per heavy atom. The molecule has 3 heterocycles. The van der Waals surface area contributed by atoms with Crippen LogP contribution in [-0.2, 0) is 22.4 Å². The number of aromatic nitrogens is 2. The van der Waals surface area contributed by atoms with Crippen LogP contribution in [0.2, 0.25) is 0 Å². The Hall–Kier alpha value is -3.52. The molecule has 188 valence electrons. The van der Waals surface area contributed by atoms with Crippen LogP contribution in [0.15, 0.2) is 48.7 Å². The fraction of sp³-hybridized carbons (Fsp3) is 0.429. The predicted molar refractivity (Wildman–Crippen MR) is 137 cm³/mol. The normalized spacial score (nSPS) is 19.6. The van der Waals surface area contributed by atoms with E-state index in [0.29, 0.717) is 23.6 Å². The van der Waals surface area contributed by atoms with E-state index in [1.54, 1.807) is 24.4 Å². The third-order valence-electron chi connectivity index (χ3n) is 7.19. The number of benzene rings is 1. The minimum atomic E-state index is -1.07. The van der Waals surface area contributed by atoms with Gasteiger partial charge < -0.3 is 20.5 Å². The maximum absolute atomic E-state index is 12.8. The number of fused-ring (bicyclic) bond motifs is 2. The Morgan fingerprint density at radius 2 is 2.03 bits per heavy atom. The highest BCUT2D eigenvalue weighted by molar-refractivity contribution is 6.06. The van der Waals surface area contributed by atoms with E-state index >= 15 is 0 Å². The summed E-state index contributed by atoms with van der Waals surface area (Å²) in [7, 11) is 0. The lowest BCUT2D eigenvalue weighted by molar-refractivity contribution is -0.140. The van der Waals surface area contributed by atoms with Gasteiger partial charge in [0.2, 0.25) is 0 Å². The minimum absolute atomic E-state index is 0.153. The predicted octanol–water partition coefficient (Wildman–Crippen LogP) is 3.99. The minimum Gasteiger partial charge on any atom is -0.480 e. The van der Waals surface area contributed by atoms with Gasteiger partial charge in [-0.25, -0.2) is 9.78 Å². The van der Waals surface area contributed by atoms with E-state index in [0.717, 1.165) is 55.5 Å². The summed E-state index contributed by atoms with van der Waals surface area (Å²) in [5.74, 6) is 0.139. The molecule has 0 spiro atoms. The van der Waals surface area contributed by atoms with Gasteiger partial charge in [-0.05, 0) is 68.2 Å². The topological polar surface area (TPSA) is 113 Å². The Kier molecular flexibility index (Phi) is 7.41. The van der Waals surface area contributed by atoms with Crippen molar-refractivity contribution in [2.24, 2.45) is 5.92 Å². The van der Waals surface area contributed by atoms with Gasteiger partial charge in [0.25, 0.3) is 5.91 Å². The lowest BCUT2D eigenvalue weighted by Gasteiger charge is -2.35. The van der Waals surface area contributed by atoms with Gasteiger partial charge in [-0.1, -0.05) is 24.3 Å². The van der Waals surface area contributed by atoms with Gasteiger partial charge >= 0.3 is 5.97 Å². The molecular weight excluding hydrogens is 456 g/mol. The third kappa shape index (κ3) is 5.65. The Balaban J connectivity index is 1.04. The van der Waals surface area contributed by atoms with Crippen LogP contribution in [0.4, 0.5) is 5.82 Å². The average Bonchev–Trinajstić information content (AvgIpc) is 2.88. The molecule has 3 N–H and O–H groups in total. The number of aliphatic carboxylic acids is 1. The zero-order valence-electron chi connectivity index (χ0n) is 20.3. The van der Waals surface area contributed by atoms with Crippen LogP contribution in [0.1, 0.15) is 53.7 Å². The van der Waals surface area contributed by atoms with Crippen molar-refractivity contribution in [2.45, 2.75) is 57.1 Å². The molecule has 1 saturated carbocycles. The first-order chi connectivity index (χ1) is 17.6. The Morgan fingerprint density at radius 3 is 2.89 bits per heavy atom. The quantitative estimate of drug-likeness (QED) is 0.395. The van der Waals surface area contributed by atoms with Crippen molar-refractivity contribution in [2.75, 3.05) is 18.5 Å². The van der Waals surface area contributed by atoms with Crippen molar-refractivity contribution in [1.29, 1.82) is 0 Å². The maximum Gasteiger partial charge on any atom is 0.326 e. The highest BCUT2D eigenvalue weighted by Gasteiger charge is 2.30. The van der Waals surface area contributed by atoms with Crippen LogP contribution in [0.25, 0.3) is 10.9 Å². The van der Waals surface area contributed by atoms with Gasteiger partial charge in [-0.15, -0.1) is 0 Å². The van der Waals surface area contributed by atoms with E-state index in [-0.39, 0.29) is 12.5 Å². The van der Waals surface area contributed by atoms with Gasteiger partial charge in [-0.2, -0.15) is 0 Å². The maximum atomic E-state index is 12.8. The number of ether oxygens (including phenoxy) is 1. The summed E-state index contributed by atoms with van der Waals surface area (Å²) in [6.07, 6.45) is 8.26. The van der Waals surface area contributed by atoms with E-state index in [1.165, 1.54) is 12.0 Å². The van der Waals surface area contributed by atoms with Gasteiger partial charge in [-0.3, -0.25) is 9.78 Å². The standard InChI is InChI=1S/C28H32N4O4/c33-27(23-7-1-4-19-5-2-13-29-25(19)23)32-24(28(34)35)12-15-36-22-16-18(17-22)8-10-21-11-9-20-6-3-14-30-26(20)31-21/h1-2,4-5,7,9,11,13,18,22,24H,3,6,8,10,12,14-17H2,(H,30,31)(H,32,33)(H,34,35)/t18-,22-,24?. The Bertz CT molecular complexity index is 1240. The van der Waals surface area contributed by atoms with Crippen molar-refractivity contribution < 1.29 is 19.4 Å². The van der Waals surface area contributed by atoms with E-state index in [1.807, 2.05) is 12.1 Å². The molecule has 2 aliphatic rings. The zero-order chi connectivity index (χ0) is 24.9. The molecule has 8 heteroatoms. The van der Waals surface area contributed by atoms with E-state index < -0.39 is 17.9 Å². The van der Waals surface area contributed by atoms with Crippen molar-refractivity contribution in [1.82, 2.24) is 15.3 Å². The SMILES string of the molecule is O=C(NC(CCO[C@H]1C[C@H](CCc2ccc3c(n2)NCCC3)C1)C(=O)O)c1cccc2cccnc12. The fourth-order valence-corrected chi connectivity index (χ4v) is 5.04. The molecule has 8 nitrogen and oxygen atoms in total.